The van der Waals surface area contributed by atoms with Gasteiger partial charge in [0.05, 0.1) is 35.1 Å². The fraction of sp³-hybridized carbons (Fsp3) is 0.667. The molecule has 22 heavy (non-hydrogen) atoms. The molecule has 1 saturated carbocycles. The third-order valence-corrected chi connectivity index (χ3v) is 8.78. The summed E-state index contributed by atoms with van der Waals surface area (Å²) in [5, 5.41) is -0.182. The monoisotopic (exact) mass is 425 g/mol. The van der Waals surface area contributed by atoms with Gasteiger partial charge in [-0.2, -0.15) is 0 Å². The summed E-state index contributed by atoms with van der Waals surface area (Å²) >= 11 is 38.0. The van der Waals surface area contributed by atoms with Gasteiger partial charge >= 0.3 is 0 Å². The van der Waals surface area contributed by atoms with Crippen molar-refractivity contribution < 1.29 is 14.3 Å². The number of hydrogen-bond acceptors (Lipinski definition) is 3. The SMILES string of the molecule is COCCN1C(=O)[C@@H]2[C@@H](C1=O)[C@@]1(Cl)C(Cl)=C(Cl)[C@@]2(Cl)C1(Cl)Cl. The lowest BCUT2D eigenvalue weighted by atomic mass is 9.84. The number of likely N-dealkylation sites (tertiary alicyclic amines) is 1. The second-order valence-electron chi connectivity index (χ2n) is 5.40. The Morgan fingerprint density at radius 1 is 1.00 bits per heavy atom. The van der Waals surface area contributed by atoms with E-state index in [9.17, 15) is 9.59 Å². The minimum absolute atomic E-state index is 0.0773. The van der Waals surface area contributed by atoms with Crippen LogP contribution in [0.3, 0.4) is 0 Å². The topological polar surface area (TPSA) is 46.6 Å². The predicted molar refractivity (Wildman–Crippen MR) is 85.9 cm³/mol. The fourth-order valence-electron chi connectivity index (χ4n) is 3.46. The van der Waals surface area contributed by atoms with E-state index in [1.54, 1.807) is 0 Å². The van der Waals surface area contributed by atoms with E-state index < -0.39 is 37.7 Å². The van der Waals surface area contributed by atoms with E-state index in [1.807, 2.05) is 0 Å². The summed E-state index contributed by atoms with van der Waals surface area (Å²) in [6.45, 7) is 0.261. The highest BCUT2D eigenvalue weighted by molar-refractivity contribution is 6.66. The number of allylic oxidation sites excluding steroid dienone is 2. The Bertz CT molecular complexity index is 576. The summed E-state index contributed by atoms with van der Waals surface area (Å²) in [4.78, 5) is 22.8. The summed E-state index contributed by atoms with van der Waals surface area (Å²) in [5.41, 5.74) is 0. The molecule has 0 spiro atoms. The fourth-order valence-corrected chi connectivity index (χ4v) is 6.38. The molecule has 0 radical (unpaired) electrons. The molecule has 0 N–H and O–H groups in total. The van der Waals surface area contributed by atoms with Gasteiger partial charge in [0.1, 0.15) is 9.75 Å². The average molecular weight is 428 g/mol. The molecule has 0 aromatic heterocycles. The minimum atomic E-state index is -1.88. The van der Waals surface area contributed by atoms with Crippen LogP contribution in [-0.4, -0.2) is 51.1 Å². The maximum atomic E-state index is 12.6. The van der Waals surface area contributed by atoms with Crippen LogP contribution in [-0.2, 0) is 14.3 Å². The highest BCUT2D eigenvalue weighted by Gasteiger charge is 2.87. The number of halogens is 6. The van der Waals surface area contributed by atoms with E-state index >= 15 is 0 Å². The molecule has 3 aliphatic rings. The number of ether oxygens (including phenoxy) is 1. The van der Waals surface area contributed by atoms with Crippen molar-refractivity contribution in [3.63, 3.8) is 0 Å². The van der Waals surface area contributed by atoms with Crippen molar-refractivity contribution in [1.29, 1.82) is 0 Å². The van der Waals surface area contributed by atoms with Gasteiger partial charge in [0.25, 0.3) is 0 Å². The Hall–Kier alpha value is 0.580. The molecule has 1 aliphatic heterocycles. The summed E-state index contributed by atoms with van der Waals surface area (Å²) < 4.78 is 3.01. The molecule has 2 amide bonds. The highest BCUT2D eigenvalue weighted by Crippen LogP contribution is 2.77. The zero-order valence-electron chi connectivity index (χ0n) is 11.0. The first-order valence-corrected chi connectivity index (χ1v) is 8.51. The molecule has 4 nitrogen and oxygen atoms in total. The molecule has 2 bridgehead atoms. The van der Waals surface area contributed by atoms with Crippen LogP contribution in [0.4, 0.5) is 0 Å². The first kappa shape index (κ1) is 17.4. The van der Waals surface area contributed by atoms with Gasteiger partial charge in [0, 0.05) is 7.11 Å². The number of carbonyl (C=O) groups is 2. The number of amides is 2. The standard InChI is InChI=1S/C12H9Cl6NO3/c1-22-3-2-19-8(20)4-5(9(19)21)11(16)7(14)6(13)10(4,15)12(11,17)18/h4-5H,2-3H2,1H3/t4-,5-,10+,11+/m0/s1. The maximum Gasteiger partial charge on any atom is 0.235 e. The number of hydrogen-bond donors (Lipinski definition) is 0. The largest absolute Gasteiger partial charge is 0.383 e. The van der Waals surface area contributed by atoms with Crippen molar-refractivity contribution in [1.82, 2.24) is 4.90 Å². The van der Waals surface area contributed by atoms with Gasteiger partial charge in [-0.25, -0.2) is 0 Å². The van der Waals surface area contributed by atoms with Gasteiger partial charge in [0.2, 0.25) is 11.8 Å². The molecule has 10 heteroatoms. The van der Waals surface area contributed by atoms with Gasteiger partial charge in [-0.15, -0.1) is 23.2 Å². The van der Waals surface area contributed by atoms with Crippen LogP contribution in [0.25, 0.3) is 0 Å². The Balaban J connectivity index is 2.15. The molecule has 1 heterocycles. The second kappa shape index (κ2) is 5.04. The van der Waals surface area contributed by atoms with Gasteiger partial charge in [-0.1, -0.05) is 46.4 Å². The molecular weight excluding hydrogens is 419 g/mol. The van der Waals surface area contributed by atoms with Gasteiger partial charge in [0.15, 0.2) is 4.33 Å². The molecule has 0 unspecified atom stereocenters. The molecule has 1 saturated heterocycles. The van der Waals surface area contributed by atoms with Gasteiger partial charge in [-0.05, 0) is 0 Å². The average Bonchev–Trinajstić information content (AvgIpc) is 2.83. The Morgan fingerprint density at radius 3 is 1.77 bits per heavy atom. The zero-order chi connectivity index (χ0) is 16.7. The number of methoxy groups -OCH3 is 1. The van der Waals surface area contributed by atoms with Gasteiger partial charge in [-0.3, -0.25) is 14.5 Å². The van der Waals surface area contributed by atoms with Crippen LogP contribution >= 0.6 is 69.6 Å². The summed E-state index contributed by atoms with van der Waals surface area (Å²) in [5.74, 6) is -3.20. The Kier molecular flexibility index (Phi) is 3.99. The first-order chi connectivity index (χ1) is 10.1. The van der Waals surface area contributed by atoms with Crippen molar-refractivity contribution in [2.45, 2.75) is 14.1 Å². The molecule has 2 aliphatic carbocycles. The predicted octanol–water partition coefficient (Wildman–Crippen LogP) is 3.08. The molecule has 0 aromatic carbocycles. The summed E-state index contributed by atoms with van der Waals surface area (Å²) in [7, 11) is 1.46. The van der Waals surface area contributed by atoms with Crippen molar-refractivity contribution in [3.05, 3.63) is 10.1 Å². The minimum Gasteiger partial charge on any atom is -0.383 e. The molecular formula is C12H9Cl6NO3. The van der Waals surface area contributed by atoms with Crippen molar-refractivity contribution in [2.24, 2.45) is 11.8 Å². The number of fused-ring (bicyclic) bond motifs is 5. The lowest BCUT2D eigenvalue weighted by Gasteiger charge is -2.34. The van der Waals surface area contributed by atoms with Gasteiger partial charge < -0.3 is 4.74 Å². The van der Waals surface area contributed by atoms with E-state index in [2.05, 4.69) is 0 Å². The third kappa shape index (κ3) is 1.58. The smallest absolute Gasteiger partial charge is 0.235 e. The van der Waals surface area contributed by atoms with E-state index in [0.29, 0.717) is 0 Å². The zero-order valence-corrected chi connectivity index (χ0v) is 15.5. The third-order valence-electron chi connectivity index (χ3n) is 4.52. The van der Waals surface area contributed by atoms with Crippen LogP contribution in [0.5, 0.6) is 0 Å². The number of carbonyl (C=O) groups excluding carboxylic acids is 2. The number of imide groups is 1. The Labute approximate surface area is 156 Å². The van der Waals surface area contributed by atoms with Crippen molar-refractivity contribution in [3.8, 4) is 0 Å². The molecule has 3 rings (SSSR count). The van der Waals surface area contributed by atoms with E-state index in [-0.39, 0.29) is 23.2 Å². The van der Waals surface area contributed by atoms with Crippen molar-refractivity contribution >= 4 is 81.4 Å². The Morgan fingerprint density at radius 2 is 1.41 bits per heavy atom. The van der Waals surface area contributed by atoms with Crippen LogP contribution in [0.15, 0.2) is 10.1 Å². The van der Waals surface area contributed by atoms with E-state index in [0.717, 1.165) is 4.90 Å². The molecule has 122 valence electrons. The van der Waals surface area contributed by atoms with Crippen LogP contribution in [0.2, 0.25) is 0 Å². The molecule has 4 atom stereocenters. The lowest BCUT2D eigenvalue weighted by Crippen LogP contribution is -2.50. The molecule has 0 aromatic rings. The maximum absolute atomic E-state index is 12.6. The quantitative estimate of drug-likeness (QED) is 0.513. The second-order valence-corrected chi connectivity index (χ2v) is 8.68. The van der Waals surface area contributed by atoms with Crippen molar-refractivity contribution in [2.75, 3.05) is 20.3 Å². The van der Waals surface area contributed by atoms with E-state index in [1.165, 1.54) is 7.11 Å². The highest BCUT2D eigenvalue weighted by atomic mass is 35.5. The molecule has 2 fully saturated rings. The van der Waals surface area contributed by atoms with Crippen LogP contribution in [0, 0.1) is 11.8 Å². The first-order valence-electron chi connectivity index (χ1n) is 6.24. The number of nitrogens with zero attached hydrogens (tertiary/aromatic N) is 1. The number of alkyl halides is 4. The lowest BCUT2D eigenvalue weighted by molar-refractivity contribution is -0.141. The number of rotatable bonds is 3. The normalized spacial score (nSPS) is 42.6. The summed E-state index contributed by atoms with van der Waals surface area (Å²) in [6, 6.07) is 0. The van der Waals surface area contributed by atoms with Crippen LogP contribution < -0.4 is 0 Å². The van der Waals surface area contributed by atoms with E-state index in [4.69, 9.17) is 74.3 Å². The summed E-state index contributed by atoms with van der Waals surface area (Å²) in [6.07, 6.45) is 0. The van der Waals surface area contributed by atoms with Crippen LogP contribution in [0.1, 0.15) is 0 Å².